The van der Waals surface area contributed by atoms with Crippen molar-refractivity contribution in [3.8, 4) is 5.75 Å². The van der Waals surface area contributed by atoms with Crippen LogP contribution in [-0.2, 0) is 9.53 Å². The number of thioether (sulfide) groups is 1. The van der Waals surface area contributed by atoms with Crippen molar-refractivity contribution < 1.29 is 19.4 Å². The number of phenols is 1. The van der Waals surface area contributed by atoms with Crippen LogP contribution < -0.4 is 5.32 Å². The Morgan fingerprint density at radius 3 is 2.60 bits per heavy atom. The van der Waals surface area contributed by atoms with Crippen LogP contribution in [0.2, 0.25) is 0 Å². The molecule has 0 unspecified atom stereocenters. The summed E-state index contributed by atoms with van der Waals surface area (Å²) < 4.78 is 4.35. The Kier molecular flexibility index (Phi) is 4.47. The number of nitrogens with one attached hydrogen (secondary N) is 1. The quantitative estimate of drug-likeness (QED) is 0.850. The first-order valence-electron chi connectivity index (χ1n) is 5.83. The summed E-state index contributed by atoms with van der Waals surface area (Å²) in [6.45, 7) is 0. The number of methoxy groups -OCH3 is 1. The molecule has 104 valence electrons. The number of alkyl carbamates (subject to hydrolysis) is 1. The number of rotatable bonds is 3. The van der Waals surface area contributed by atoms with Gasteiger partial charge in [-0.25, -0.2) is 4.79 Å². The second kappa shape index (κ2) is 6.29. The maximum Gasteiger partial charge on any atom is 0.413 e. The Hall–Kier alpha value is -2.21. The van der Waals surface area contributed by atoms with Crippen molar-refractivity contribution in [1.29, 1.82) is 0 Å². The first-order chi connectivity index (χ1) is 9.61. The second-order valence-electron chi connectivity index (χ2n) is 3.96. The molecule has 0 fully saturated rings. The molecule has 0 aliphatic rings. The van der Waals surface area contributed by atoms with Crippen LogP contribution in [0.1, 0.15) is 0 Å². The molecule has 0 radical (unpaired) electrons. The van der Waals surface area contributed by atoms with Gasteiger partial charge in [-0.05, 0) is 17.5 Å². The van der Waals surface area contributed by atoms with Crippen LogP contribution in [0.3, 0.4) is 0 Å². The van der Waals surface area contributed by atoms with Gasteiger partial charge in [-0.1, -0.05) is 24.3 Å². The maximum atomic E-state index is 11.5. The number of hydrogen-bond acceptors (Lipinski definition) is 5. The number of aromatic hydroxyl groups is 1. The fraction of sp³-hybridized carbons (Fsp3) is 0.143. The molecule has 2 rings (SSSR count). The largest absolute Gasteiger partial charge is 0.507 e. The zero-order valence-corrected chi connectivity index (χ0v) is 11.6. The van der Waals surface area contributed by atoms with E-state index < -0.39 is 12.0 Å². The summed E-state index contributed by atoms with van der Waals surface area (Å²) in [5.74, 6) is -0.146. The minimum atomic E-state index is -0.772. The minimum absolute atomic E-state index is 0.0872. The van der Waals surface area contributed by atoms with Gasteiger partial charge in [0.2, 0.25) is 5.91 Å². The standard InChI is InChI=1S/C14H13NO4S/c1-19-14(18)15-13(17)8-20-12-7-6-11(16)9-4-2-3-5-10(9)12/h2-7,16H,8H2,1H3,(H,15,17,18). The molecule has 0 saturated carbocycles. The molecule has 2 aromatic rings. The number of carbonyl (C=O) groups excluding carboxylic acids is 2. The van der Waals surface area contributed by atoms with Crippen LogP contribution in [-0.4, -0.2) is 30.0 Å². The SMILES string of the molecule is COC(=O)NC(=O)CSc1ccc(O)c2ccccc12. The second-order valence-corrected chi connectivity index (χ2v) is 4.97. The molecule has 0 atom stereocenters. The van der Waals surface area contributed by atoms with Gasteiger partial charge in [-0.15, -0.1) is 11.8 Å². The fourth-order valence-corrected chi connectivity index (χ4v) is 2.58. The molecule has 0 bridgehead atoms. The predicted molar refractivity (Wildman–Crippen MR) is 76.9 cm³/mol. The first kappa shape index (κ1) is 14.2. The highest BCUT2D eigenvalue weighted by molar-refractivity contribution is 8.00. The average molecular weight is 291 g/mol. The minimum Gasteiger partial charge on any atom is -0.507 e. The highest BCUT2D eigenvalue weighted by Gasteiger charge is 2.10. The summed E-state index contributed by atoms with van der Waals surface area (Å²) in [5, 5.41) is 13.5. The van der Waals surface area contributed by atoms with Crippen LogP contribution in [0.5, 0.6) is 5.75 Å². The van der Waals surface area contributed by atoms with Gasteiger partial charge in [0.25, 0.3) is 0 Å². The molecule has 0 saturated heterocycles. The third kappa shape index (κ3) is 3.21. The summed E-state index contributed by atoms with van der Waals surface area (Å²) in [6.07, 6.45) is -0.772. The molecule has 0 spiro atoms. The number of ether oxygens (including phenoxy) is 1. The zero-order valence-electron chi connectivity index (χ0n) is 10.8. The molecule has 2 N–H and O–H groups in total. The van der Waals surface area contributed by atoms with E-state index in [4.69, 9.17) is 0 Å². The lowest BCUT2D eigenvalue weighted by atomic mass is 10.1. The van der Waals surface area contributed by atoms with Gasteiger partial charge < -0.3 is 9.84 Å². The lowest BCUT2D eigenvalue weighted by Crippen LogP contribution is -2.31. The third-order valence-corrected chi connectivity index (χ3v) is 3.72. The van der Waals surface area contributed by atoms with Crippen molar-refractivity contribution in [3.63, 3.8) is 0 Å². The molecule has 6 heteroatoms. The van der Waals surface area contributed by atoms with Crippen molar-refractivity contribution in [2.24, 2.45) is 0 Å². The van der Waals surface area contributed by atoms with E-state index in [-0.39, 0.29) is 11.5 Å². The smallest absolute Gasteiger partial charge is 0.413 e. The summed E-state index contributed by atoms with van der Waals surface area (Å²) in [5.41, 5.74) is 0. The van der Waals surface area contributed by atoms with Crippen LogP contribution in [0.15, 0.2) is 41.3 Å². The molecular weight excluding hydrogens is 278 g/mol. The summed E-state index contributed by atoms with van der Waals surface area (Å²) in [7, 11) is 1.20. The third-order valence-electron chi connectivity index (χ3n) is 2.65. The number of fused-ring (bicyclic) bond motifs is 1. The normalized spacial score (nSPS) is 10.2. The van der Waals surface area contributed by atoms with E-state index in [9.17, 15) is 14.7 Å². The molecule has 0 aliphatic heterocycles. The van der Waals surface area contributed by atoms with Crippen molar-refractivity contribution >= 4 is 34.5 Å². The Morgan fingerprint density at radius 2 is 1.90 bits per heavy atom. The number of phenolic OH excluding ortho intramolecular Hbond substituents is 1. The summed E-state index contributed by atoms with van der Waals surface area (Å²) in [6, 6.07) is 10.7. The molecule has 20 heavy (non-hydrogen) atoms. The van der Waals surface area contributed by atoms with E-state index in [1.165, 1.54) is 18.9 Å². The Balaban J connectivity index is 2.13. The number of amides is 2. The van der Waals surface area contributed by atoms with Crippen molar-refractivity contribution in [3.05, 3.63) is 36.4 Å². The van der Waals surface area contributed by atoms with Gasteiger partial charge in [-0.2, -0.15) is 0 Å². The molecule has 0 aliphatic carbocycles. The van der Waals surface area contributed by atoms with E-state index in [1.807, 2.05) is 24.3 Å². The Labute approximate surface area is 119 Å². The molecule has 5 nitrogen and oxygen atoms in total. The van der Waals surface area contributed by atoms with Crippen LogP contribution in [0, 0.1) is 0 Å². The number of carbonyl (C=O) groups is 2. The van der Waals surface area contributed by atoms with Gasteiger partial charge >= 0.3 is 6.09 Å². The van der Waals surface area contributed by atoms with Gasteiger partial charge in [0.15, 0.2) is 0 Å². The molecule has 0 heterocycles. The van der Waals surface area contributed by atoms with Gasteiger partial charge in [0.05, 0.1) is 12.9 Å². The van der Waals surface area contributed by atoms with Crippen LogP contribution in [0.4, 0.5) is 4.79 Å². The predicted octanol–water partition coefficient (Wildman–Crippen LogP) is 2.52. The average Bonchev–Trinajstić information content (AvgIpc) is 2.46. The van der Waals surface area contributed by atoms with E-state index in [1.54, 1.807) is 12.1 Å². The monoisotopic (exact) mass is 291 g/mol. The molecular formula is C14H13NO4S. The molecule has 0 aromatic heterocycles. The van der Waals surface area contributed by atoms with Gasteiger partial charge in [0.1, 0.15) is 5.75 Å². The van der Waals surface area contributed by atoms with E-state index in [0.717, 1.165) is 15.7 Å². The van der Waals surface area contributed by atoms with E-state index in [0.29, 0.717) is 0 Å². The number of benzene rings is 2. The van der Waals surface area contributed by atoms with Crippen LogP contribution in [0.25, 0.3) is 10.8 Å². The van der Waals surface area contributed by atoms with Crippen molar-refractivity contribution in [2.45, 2.75) is 4.90 Å². The van der Waals surface area contributed by atoms with Crippen LogP contribution >= 0.6 is 11.8 Å². The maximum absolute atomic E-state index is 11.5. The van der Waals surface area contributed by atoms with Crippen molar-refractivity contribution in [1.82, 2.24) is 5.32 Å². The Bertz CT molecular complexity index is 657. The van der Waals surface area contributed by atoms with Crippen molar-refractivity contribution in [2.75, 3.05) is 12.9 Å². The van der Waals surface area contributed by atoms with Gasteiger partial charge in [-0.3, -0.25) is 10.1 Å². The topological polar surface area (TPSA) is 75.6 Å². The first-order valence-corrected chi connectivity index (χ1v) is 6.81. The Morgan fingerprint density at radius 1 is 1.20 bits per heavy atom. The lowest BCUT2D eigenvalue weighted by molar-refractivity contribution is -0.117. The molecule has 2 aromatic carbocycles. The number of hydrogen-bond donors (Lipinski definition) is 2. The highest BCUT2D eigenvalue weighted by atomic mass is 32.2. The molecule has 2 amide bonds. The van der Waals surface area contributed by atoms with E-state index in [2.05, 4.69) is 10.1 Å². The fourth-order valence-electron chi connectivity index (χ4n) is 1.73. The summed E-state index contributed by atoms with van der Waals surface area (Å²) >= 11 is 1.29. The zero-order chi connectivity index (χ0) is 14.5. The van der Waals surface area contributed by atoms with E-state index >= 15 is 0 Å². The number of imide groups is 1. The highest BCUT2D eigenvalue weighted by Crippen LogP contribution is 2.33. The summed E-state index contributed by atoms with van der Waals surface area (Å²) in [4.78, 5) is 23.3. The lowest BCUT2D eigenvalue weighted by Gasteiger charge is -2.07. The van der Waals surface area contributed by atoms with Gasteiger partial charge in [0, 0.05) is 10.3 Å².